The van der Waals surface area contributed by atoms with Crippen molar-refractivity contribution in [3.05, 3.63) is 84.2 Å². The van der Waals surface area contributed by atoms with Crippen molar-refractivity contribution in [1.29, 1.82) is 0 Å². The number of rotatable bonds is 6. The molecule has 0 spiro atoms. The molecule has 0 saturated carbocycles. The van der Waals surface area contributed by atoms with E-state index in [9.17, 15) is 4.79 Å². The Morgan fingerprint density at radius 3 is 2.58 bits per heavy atom. The molecule has 6 heteroatoms. The number of benzene rings is 2. The second-order valence-electron chi connectivity index (χ2n) is 7.11. The highest BCUT2D eigenvalue weighted by atomic mass is 16.5. The summed E-state index contributed by atoms with van der Waals surface area (Å²) >= 11 is 0. The molecule has 4 rings (SSSR count). The van der Waals surface area contributed by atoms with Crippen LogP contribution in [0.1, 0.15) is 11.1 Å². The first kappa shape index (κ1) is 20.2. The first-order valence-corrected chi connectivity index (χ1v) is 9.82. The molecule has 0 atom stereocenters. The van der Waals surface area contributed by atoms with Crippen molar-refractivity contribution in [2.24, 2.45) is 0 Å². The van der Waals surface area contributed by atoms with Crippen LogP contribution >= 0.6 is 0 Å². The van der Waals surface area contributed by atoms with Gasteiger partial charge in [-0.1, -0.05) is 12.1 Å². The number of methoxy groups -OCH3 is 2. The van der Waals surface area contributed by atoms with E-state index < -0.39 is 0 Å². The Labute approximate surface area is 180 Å². The van der Waals surface area contributed by atoms with Crippen LogP contribution < -0.4 is 14.8 Å². The first-order valence-electron chi connectivity index (χ1n) is 9.82. The highest BCUT2D eigenvalue weighted by Gasteiger charge is 2.11. The number of hydrogen-bond acceptors (Lipinski definition) is 4. The van der Waals surface area contributed by atoms with E-state index in [0.29, 0.717) is 11.4 Å². The van der Waals surface area contributed by atoms with Crippen molar-refractivity contribution >= 4 is 23.3 Å². The molecule has 0 fully saturated rings. The minimum atomic E-state index is -0.253. The monoisotopic (exact) mass is 413 g/mol. The molecule has 1 amide bonds. The summed E-state index contributed by atoms with van der Waals surface area (Å²) in [6.07, 6.45) is 7.18. The minimum Gasteiger partial charge on any atom is -0.497 e. The van der Waals surface area contributed by atoms with Crippen LogP contribution in [0.25, 0.3) is 23.0 Å². The third-order valence-corrected chi connectivity index (χ3v) is 4.91. The molecule has 0 bridgehead atoms. The van der Waals surface area contributed by atoms with Crippen molar-refractivity contribution in [1.82, 2.24) is 9.38 Å². The Balaban J connectivity index is 1.56. The fourth-order valence-electron chi connectivity index (χ4n) is 3.25. The topological polar surface area (TPSA) is 64.9 Å². The predicted molar refractivity (Wildman–Crippen MR) is 123 cm³/mol. The van der Waals surface area contributed by atoms with Gasteiger partial charge >= 0.3 is 0 Å². The lowest BCUT2D eigenvalue weighted by Crippen LogP contribution is -2.09. The SMILES string of the molecule is COc1ccc(/C=C/C(=O)Nc2cc(-c3cn4ccc(C)cc4n3)ccc2OC)cc1. The van der Waals surface area contributed by atoms with Gasteiger partial charge in [-0.15, -0.1) is 0 Å². The summed E-state index contributed by atoms with van der Waals surface area (Å²) in [6.45, 7) is 2.04. The van der Waals surface area contributed by atoms with Crippen LogP contribution in [0, 0.1) is 6.92 Å². The number of nitrogens with zero attached hydrogens (tertiary/aromatic N) is 2. The number of ether oxygens (including phenoxy) is 2. The lowest BCUT2D eigenvalue weighted by molar-refractivity contribution is -0.111. The highest BCUT2D eigenvalue weighted by Crippen LogP contribution is 2.30. The molecule has 31 heavy (non-hydrogen) atoms. The molecule has 156 valence electrons. The number of amides is 1. The second kappa shape index (κ2) is 8.75. The number of nitrogens with one attached hydrogen (secondary N) is 1. The number of hydrogen-bond donors (Lipinski definition) is 1. The van der Waals surface area contributed by atoms with Gasteiger partial charge in [0, 0.05) is 24.0 Å². The van der Waals surface area contributed by atoms with E-state index in [4.69, 9.17) is 14.5 Å². The van der Waals surface area contributed by atoms with E-state index in [-0.39, 0.29) is 5.91 Å². The Hall–Kier alpha value is -4.06. The first-order chi connectivity index (χ1) is 15.1. The van der Waals surface area contributed by atoms with Crippen LogP contribution in [0.5, 0.6) is 11.5 Å². The van der Waals surface area contributed by atoms with E-state index in [2.05, 4.69) is 5.32 Å². The van der Waals surface area contributed by atoms with Crippen LogP contribution in [-0.4, -0.2) is 29.5 Å². The van der Waals surface area contributed by atoms with Crippen LogP contribution in [0.2, 0.25) is 0 Å². The number of carbonyl (C=O) groups is 1. The molecule has 6 nitrogen and oxygen atoms in total. The van der Waals surface area contributed by atoms with Crippen molar-refractivity contribution in [2.75, 3.05) is 19.5 Å². The van der Waals surface area contributed by atoms with Crippen molar-refractivity contribution in [3.63, 3.8) is 0 Å². The molecule has 2 heterocycles. The number of anilines is 1. The Morgan fingerprint density at radius 1 is 1.03 bits per heavy atom. The van der Waals surface area contributed by atoms with Gasteiger partial charge in [-0.2, -0.15) is 0 Å². The molecule has 0 radical (unpaired) electrons. The number of pyridine rings is 1. The molecule has 0 aliphatic carbocycles. The fraction of sp³-hybridized carbons (Fsp3) is 0.120. The zero-order valence-electron chi connectivity index (χ0n) is 17.6. The summed E-state index contributed by atoms with van der Waals surface area (Å²) in [5.41, 5.74) is 5.21. The number of carbonyl (C=O) groups excluding carboxylic acids is 1. The Bertz CT molecular complexity index is 1260. The summed E-state index contributed by atoms with van der Waals surface area (Å²) in [5, 5.41) is 2.90. The van der Waals surface area contributed by atoms with Crippen LogP contribution in [0.3, 0.4) is 0 Å². The second-order valence-corrected chi connectivity index (χ2v) is 7.11. The van der Waals surface area contributed by atoms with Gasteiger partial charge in [0.05, 0.1) is 25.6 Å². The summed E-state index contributed by atoms with van der Waals surface area (Å²) in [5.74, 6) is 1.09. The molecule has 4 aromatic rings. The van der Waals surface area contributed by atoms with Crippen LogP contribution in [0.4, 0.5) is 5.69 Å². The molecule has 0 aliphatic rings. The van der Waals surface area contributed by atoms with Crippen LogP contribution in [-0.2, 0) is 4.79 Å². The molecular weight excluding hydrogens is 390 g/mol. The summed E-state index contributed by atoms with van der Waals surface area (Å²) in [6, 6.07) is 17.1. The predicted octanol–water partition coefficient (Wildman–Crippen LogP) is 4.98. The fourth-order valence-corrected chi connectivity index (χ4v) is 3.25. The van der Waals surface area contributed by atoms with Gasteiger partial charge in [-0.05, 0) is 66.6 Å². The average Bonchev–Trinajstić information content (AvgIpc) is 3.21. The van der Waals surface area contributed by atoms with Gasteiger partial charge < -0.3 is 19.2 Å². The molecule has 0 unspecified atom stereocenters. The summed E-state index contributed by atoms with van der Waals surface area (Å²) in [7, 11) is 3.19. The minimum absolute atomic E-state index is 0.253. The van der Waals surface area contributed by atoms with E-state index >= 15 is 0 Å². The van der Waals surface area contributed by atoms with E-state index in [1.807, 2.05) is 78.3 Å². The van der Waals surface area contributed by atoms with Gasteiger partial charge in [-0.25, -0.2) is 4.98 Å². The largest absolute Gasteiger partial charge is 0.497 e. The normalized spacial score (nSPS) is 11.1. The standard InChI is InChI=1S/C25H23N3O3/c1-17-12-13-28-16-22(26-24(28)14-17)19-7-10-23(31-3)21(15-19)27-25(29)11-6-18-4-8-20(30-2)9-5-18/h4-16H,1-3H3,(H,27,29)/b11-6+. The molecule has 2 aromatic heterocycles. The van der Waals surface area contributed by atoms with E-state index in [1.54, 1.807) is 20.3 Å². The number of aryl methyl sites for hydroxylation is 1. The zero-order chi connectivity index (χ0) is 21.8. The van der Waals surface area contributed by atoms with Gasteiger partial charge in [-0.3, -0.25) is 4.79 Å². The lowest BCUT2D eigenvalue weighted by atomic mass is 10.1. The van der Waals surface area contributed by atoms with Gasteiger partial charge in [0.15, 0.2) is 0 Å². The molecule has 0 saturated heterocycles. The van der Waals surface area contributed by atoms with Gasteiger partial charge in [0.25, 0.3) is 0 Å². The molecule has 2 aromatic carbocycles. The number of fused-ring (bicyclic) bond motifs is 1. The Kier molecular flexibility index (Phi) is 5.71. The summed E-state index contributed by atoms with van der Waals surface area (Å²) in [4.78, 5) is 17.2. The molecule has 0 aliphatic heterocycles. The van der Waals surface area contributed by atoms with Crippen molar-refractivity contribution in [3.8, 4) is 22.8 Å². The lowest BCUT2D eigenvalue weighted by Gasteiger charge is -2.10. The van der Waals surface area contributed by atoms with E-state index in [1.165, 1.54) is 6.08 Å². The smallest absolute Gasteiger partial charge is 0.248 e. The van der Waals surface area contributed by atoms with Gasteiger partial charge in [0.2, 0.25) is 5.91 Å². The maximum atomic E-state index is 12.5. The third kappa shape index (κ3) is 4.59. The maximum Gasteiger partial charge on any atom is 0.248 e. The van der Waals surface area contributed by atoms with E-state index in [0.717, 1.165) is 33.8 Å². The molecular formula is C25H23N3O3. The number of aromatic nitrogens is 2. The van der Waals surface area contributed by atoms with Crippen molar-refractivity contribution in [2.45, 2.75) is 6.92 Å². The molecule has 1 N–H and O–H groups in total. The van der Waals surface area contributed by atoms with Gasteiger partial charge in [0.1, 0.15) is 17.1 Å². The summed E-state index contributed by atoms with van der Waals surface area (Å²) < 4.78 is 12.5. The maximum absolute atomic E-state index is 12.5. The number of imidazole rings is 1. The quantitative estimate of drug-likeness (QED) is 0.453. The third-order valence-electron chi connectivity index (χ3n) is 4.91. The zero-order valence-corrected chi connectivity index (χ0v) is 17.6. The Morgan fingerprint density at radius 2 is 1.84 bits per heavy atom. The van der Waals surface area contributed by atoms with Crippen molar-refractivity contribution < 1.29 is 14.3 Å². The van der Waals surface area contributed by atoms with Crippen LogP contribution in [0.15, 0.2) is 73.1 Å². The average molecular weight is 413 g/mol. The highest BCUT2D eigenvalue weighted by molar-refractivity contribution is 6.03.